The highest BCUT2D eigenvalue weighted by Crippen LogP contribution is 2.26. The molecule has 0 aliphatic carbocycles. The van der Waals surface area contributed by atoms with Crippen molar-refractivity contribution < 1.29 is 27.8 Å². The van der Waals surface area contributed by atoms with Gasteiger partial charge in [-0.15, -0.1) is 13.2 Å². The molecule has 0 fully saturated rings. The molecule has 0 aliphatic rings. The van der Waals surface area contributed by atoms with Crippen molar-refractivity contribution in [2.75, 3.05) is 6.54 Å². The van der Waals surface area contributed by atoms with Gasteiger partial charge in [-0.2, -0.15) is 0 Å². The molecule has 1 heterocycles. The van der Waals surface area contributed by atoms with Gasteiger partial charge in [-0.25, -0.2) is 0 Å². The number of aliphatic hydroxyl groups excluding tert-OH is 1. The molecule has 0 saturated carbocycles. The zero-order chi connectivity index (χ0) is 16.9. The van der Waals surface area contributed by atoms with E-state index in [-0.39, 0.29) is 12.1 Å². The summed E-state index contributed by atoms with van der Waals surface area (Å²) in [7, 11) is 0. The van der Waals surface area contributed by atoms with Gasteiger partial charge in [0.1, 0.15) is 5.75 Å². The van der Waals surface area contributed by atoms with Gasteiger partial charge >= 0.3 is 6.36 Å². The van der Waals surface area contributed by atoms with Crippen LogP contribution in [0.4, 0.5) is 13.2 Å². The number of benzene rings is 1. The van der Waals surface area contributed by atoms with Crippen LogP contribution in [0.15, 0.2) is 48.8 Å². The molecular formula is C15H13F3N2O3. The molecular weight excluding hydrogens is 313 g/mol. The molecule has 0 radical (unpaired) electrons. The number of para-hydroxylation sites is 1. The highest BCUT2D eigenvalue weighted by molar-refractivity contribution is 5.96. The van der Waals surface area contributed by atoms with Crippen LogP contribution in [0.25, 0.3) is 0 Å². The van der Waals surface area contributed by atoms with E-state index in [1.165, 1.54) is 30.6 Å². The third-order valence-electron chi connectivity index (χ3n) is 2.90. The lowest BCUT2D eigenvalue weighted by molar-refractivity contribution is -0.274. The maximum atomic E-state index is 12.3. The van der Waals surface area contributed by atoms with Crippen molar-refractivity contribution in [3.05, 3.63) is 59.9 Å². The number of alkyl halides is 3. The van der Waals surface area contributed by atoms with Gasteiger partial charge in [0.15, 0.2) is 0 Å². The normalized spacial score (nSPS) is 12.5. The van der Waals surface area contributed by atoms with E-state index >= 15 is 0 Å². The van der Waals surface area contributed by atoms with Crippen molar-refractivity contribution in [2.45, 2.75) is 12.5 Å². The summed E-state index contributed by atoms with van der Waals surface area (Å²) >= 11 is 0. The van der Waals surface area contributed by atoms with E-state index in [4.69, 9.17) is 0 Å². The van der Waals surface area contributed by atoms with Gasteiger partial charge in [-0.05, 0) is 29.8 Å². The van der Waals surface area contributed by atoms with Crippen LogP contribution in [0.3, 0.4) is 0 Å². The largest absolute Gasteiger partial charge is 0.573 e. The Bertz CT molecular complexity index is 663. The fraction of sp³-hybridized carbons (Fsp3) is 0.200. The molecule has 0 bridgehead atoms. The Kier molecular flexibility index (Phi) is 5.17. The van der Waals surface area contributed by atoms with E-state index in [0.717, 1.165) is 6.07 Å². The Hall–Kier alpha value is -2.61. The summed E-state index contributed by atoms with van der Waals surface area (Å²) in [6.45, 7) is -0.163. The quantitative estimate of drug-likeness (QED) is 0.885. The van der Waals surface area contributed by atoms with Crippen LogP contribution in [-0.2, 0) is 0 Å². The summed E-state index contributed by atoms with van der Waals surface area (Å²) in [5.74, 6) is -1.38. The molecule has 8 heteroatoms. The van der Waals surface area contributed by atoms with Crippen molar-refractivity contribution in [1.82, 2.24) is 10.3 Å². The van der Waals surface area contributed by atoms with Crippen LogP contribution in [0.5, 0.6) is 5.75 Å². The molecule has 1 aromatic heterocycles. The molecule has 2 N–H and O–H groups in total. The van der Waals surface area contributed by atoms with Gasteiger partial charge < -0.3 is 15.2 Å². The van der Waals surface area contributed by atoms with Crippen molar-refractivity contribution in [3.8, 4) is 5.75 Å². The monoisotopic (exact) mass is 326 g/mol. The average molecular weight is 326 g/mol. The van der Waals surface area contributed by atoms with Crippen LogP contribution in [0, 0.1) is 0 Å². The summed E-state index contributed by atoms with van der Waals surface area (Å²) in [6, 6.07) is 8.12. The van der Waals surface area contributed by atoms with Crippen molar-refractivity contribution in [3.63, 3.8) is 0 Å². The number of halogens is 3. The second kappa shape index (κ2) is 7.10. The second-order valence-electron chi connectivity index (χ2n) is 4.55. The number of nitrogens with zero attached hydrogens (tertiary/aromatic N) is 1. The number of aromatic nitrogens is 1. The molecule has 0 aliphatic heterocycles. The van der Waals surface area contributed by atoms with Crippen molar-refractivity contribution in [2.24, 2.45) is 0 Å². The van der Waals surface area contributed by atoms with Gasteiger partial charge in [0.2, 0.25) is 0 Å². The predicted octanol–water partition coefficient (Wildman–Crippen LogP) is 2.44. The third-order valence-corrected chi connectivity index (χ3v) is 2.90. The number of rotatable bonds is 5. The van der Waals surface area contributed by atoms with Crippen LogP contribution in [0.1, 0.15) is 22.0 Å². The van der Waals surface area contributed by atoms with Crippen LogP contribution in [0.2, 0.25) is 0 Å². The topological polar surface area (TPSA) is 71.5 Å². The zero-order valence-electron chi connectivity index (χ0n) is 11.7. The number of aliphatic hydroxyl groups is 1. The van der Waals surface area contributed by atoms with Gasteiger partial charge in [0.25, 0.3) is 5.91 Å². The van der Waals surface area contributed by atoms with Gasteiger partial charge in [0.05, 0.1) is 11.7 Å². The first-order valence-corrected chi connectivity index (χ1v) is 6.58. The Labute approximate surface area is 129 Å². The molecule has 1 unspecified atom stereocenters. The summed E-state index contributed by atoms with van der Waals surface area (Å²) in [6.07, 6.45) is -2.94. The SMILES string of the molecule is O=C(NCC(O)c1ccncc1)c1ccccc1OC(F)(F)F. The van der Waals surface area contributed by atoms with Crippen molar-refractivity contribution >= 4 is 5.91 Å². The Morgan fingerprint density at radius 1 is 1.22 bits per heavy atom. The van der Waals surface area contributed by atoms with E-state index in [1.807, 2.05) is 0 Å². The number of amides is 1. The van der Waals surface area contributed by atoms with Crippen LogP contribution >= 0.6 is 0 Å². The van der Waals surface area contributed by atoms with Crippen LogP contribution < -0.4 is 10.1 Å². The Balaban J connectivity index is 2.04. The molecule has 122 valence electrons. The zero-order valence-corrected chi connectivity index (χ0v) is 11.7. The molecule has 2 aromatic rings. The molecule has 23 heavy (non-hydrogen) atoms. The average Bonchev–Trinajstić information content (AvgIpc) is 2.52. The van der Waals surface area contributed by atoms with E-state index in [1.54, 1.807) is 12.1 Å². The Morgan fingerprint density at radius 2 is 1.87 bits per heavy atom. The summed E-state index contributed by atoms with van der Waals surface area (Å²) < 4.78 is 40.8. The standard InChI is InChI=1S/C15H13F3N2O3/c16-15(17,18)23-13-4-2-1-3-11(13)14(22)20-9-12(21)10-5-7-19-8-6-10/h1-8,12,21H,9H2,(H,20,22). The summed E-state index contributed by atoms with van der Waals surface area (Å²) in [4.78, 5) is 15.8. The van der Waals surface area contributed by atoms with E-state index in [2.05, 4.69) is 15.0 Å². The lowest BCUT2D eigenvalue weighted by atomic mass is 10.1. The number of hydrogen-bond acceptors (Lipinski definition) is 4. The lowest BCUT2D eigenvalue weighted by Crippen LogP contribution is -2.29. The second-order valence-corrected chi connectivity index (χ2v) is 4.55. The summed E-state index contributed by atoms with van der Waals surface area (Å²) in [5.41, 5.74) is 0.256. The number of pyridine rings is 1. The van der Waals surface area contributed by atoms with Crippen molar-refractivity contribution in [1.29, 1.82) is 0 Å². The fourth-order valence-corrected chi connectivity index (χ4v) is 1.86. The number of carbonyl (C=O) groups excluding carboxylic acids is 1. The minimum atomic E-state index is -4.90. The number of carbonyl (C=O) groups is 1. The van der Waals surface area contributed by atoms with Gasteiger partial charge in [-0.1, -0.05) is 12.1 Å². The fourth-order valence-electron chi connectivity index (χ4n) is 1.86. The highest BCUT2D eigenvalue weighted by Gasteiger charge is 2.32. The third kappa shape index (κ3) is 4.96. The first-order chi connectivity index (χ1) is 10.9. The van der Waals surface area contributed by atoms with Gasteiger partial charge in [0, 0.05) is 18.9 Å². The molecule has 1 amide bonds. The lowest BCUT2D eigenvalue weighted by Gasteiger charge is -2.15. The molecule has 0 spiro atoms. The Morgan fingerprint density at radius 3 is 2.52 bits per heavy atom. The molecule has 1 aromatic carbocycles. The van der Waals surface area contributed by atoms with Gasteiger partial charge in [-0.3, -0.25) is 9.78 Å². The predicted molar refractivity (Wildman–Crippen MR) is 74.7 cm³/mol. The van der Waals surface area contributed by atoms with E-state index in [0.29, 0.717) is 5.56 Å². The molecule has 1 atom stereocenters. The molecule has 5 nitrogen and oxygen atoms in total. The smallest absolute Gasteiger partial charge is 0.405 e. The number of hydrogen-bond donors (Lipinski definition) is 2. The minimum Gasteiger partial charge on any atom is -0.405 e. The molecule has 0 saturated heterocycles. The first kappa shape index (κ1) is 16.8. The maximum absolute atomic E-state index is 12.3. The first-order valence-electron chi connectivity index (χ1n) is 6.58. The highest BCUT2D eigenvalue weighted by atomic mass is 19.4. The van der Waals surface area contributed by atoms with E-state index in [9.17, 15) is 23.1 Å². The molecule has 2 rings (SSSR count). The minimum absolute atomic E-state index is 0.163. The maximum Gasteiger partial charge on any atom is 0.573 e. The summed E-state index contributed by atoms with van der Waals surface area (Å²) in [5, 5.41) is 12.3. The number of nitrogens with one attached hydrogen (secondary N) is 1. The van der Waals surface area contributed by atoms with E-state index < -0.39 is 24.1 Å². The number of ether oxygens (including phenoxy) is 1. The van der Waals surface area contributed by atoms with Crippen LogP contribution in [-0.4, -0.2) is 28.9 Å².